The zero-order chi connectivity index (χ0) is 14.9. The summed E-state index contributed by atoms with van der Waals surface area (Å²) in [4.78, 5) is 11.9. The highest BCUT2D eigenvalue weighted by Crippen LogP contribution is 2.32. The Kier molecular flexibility index (Phi) is 3.67. The van der Waals surface area contributed by atoms with Gasteiger partial charge in [0.1, 0.15) is 5.82 Å². The molecule has 3 heteroatoms. The van der Waals surface area contributed by atoms with Gasteiger partial charge in [0, 0.05) is 32.3 Å². The topological polar surface area (TPSA) is 29.0 Å². The van der Waals surface area contributed by atoms with Gasteiger partial charge in [-0.15, -0.1) is 0 Å². The highest BCUT2D eigenvalue weighted by Gasteiger charge is 2.24. The average molecular weight is 293 g/mol. The largest absolute Gasteiger partial charge is 0.293 e. The third-order valence-electron chi connectivity index (χ3n) is 4.90. The molecule has 3 nitrogen and oxygen atoms in total. The number of aromatic nitrogens is 2. The smallest absolute Gasteiger partial charge is 0.128 e. The second-order valence-corrected chi connectivity index (χ2v) is 6.79. The van der Waals surface area contributed by atoms with Gasteiger partial charge in [-0.05, 0) is 48.8 Å². The van der Waals surface area contributed by atoms with Crippen molar-refractivity contribution in [2.24, 2.45) is 5.92 Å². The van der Waals surface area contributed by atoms with E-state index >= 15 is 0 Å². The summed E-state index contributed by atoms with van der Waals surface area (Å²) in [7, 11) is 0. The van der Waals surface area contributed by atoms with Crippen molar-refractivity contribution in [3.63, 3.8) is 0 Å². The van der Waals surface area contributed by atoms with E-state index in [9.17, 15) is 0 Å². The van der Waals surface area contributed by atoms with Crippen LogP contribution >= 0.6 is 0 Å². The lowest BCUT2D eigenvalue weighted by molar-refractivity contribution is 0.240. The Labute approximate surface area is 132 Å². The number of hydrogen-bond donors (Lipinski definition) is 0. The third kappa shape index (κ3) is 3.05. The first-order chi connectivity index (χ1) is 10.8. The Bertz CT molecular complexity index is 676. The molecule has 0 saturated heterocycles. The molecule has 1 saturated carbocycles. The summed E-state index contributed by atoms with van der Waals surface area (Å²) in [6.07, 6.45) is 6.95. The van der Waals surface area contributed by atoms with Crippen LogP contribution in [0.5, 0.6) is 0 Å². The number of benzene rings is 1. The van der Waals surface area contributed by atoms with Gasteiger partial charge in [-0.25, -0.2) is 9.97 Å². The van der Waals surface area contributed by atoms with Crippen LogP contribution in [0.15, 0.2) is 30.5 Å². The number of fused-ring (bicyclic) bond motifs is 1. The number of hydrogen-bond acceptors (Lipinski definition) is 3. The van der Waals surface area contributed by atoms with Crippen LogP contribution in [0.25, 0.3) is 0 Å². The van der Waals surface area contributed by atoms with Gasteiger partial charge < -0.3 is 0 Å². The van der Waals surface area contributed by atoms with Crippen LogP contribution in [-0.2, 0) is 25.9 Å². The maximum atomic E-state index is 4.85. The summed E-state index contributed by atoms with van der Waals surface area (Å²) in [5.41, 5.74) is 5.41. The first-order valence-electron chi connectivity index (χ1n) is 8.38. The minimum atomic E-state index is 0.852. The molecular weight excluding hydrogens is 270 g/mol. The van der Waals surface area contributed by atoms with Crippen molar-refractivity contribution in [2.75, 3.05) is 6.54 Å². The van der Waals surface area contributed by atoms with Gasteiger partial charge in [-0.3, -0.25) is 4.90 Å². The first kappa shape index (κ1) is 13.9. The van der Waals surface area contributed by atoms with E-state index in [1.807, 2.05) is 0 Å². The van der Waals surface area contributed by atoms with E-state index in [1.165, 1.54) is 35.2 Å². The van der Waals surface area contributed by atoms with Crippen molar-refractivity contribution < 1.29 is 0 Å². The van der Waals surface area contributed by atoms with Crippen LogP contribution in [-0.4, -0.2) is 21.4 Å². The lowest BCUT2D eigenvalue weighted by atomic mass is 10.0. The summed E-state index contributed by atoms with van der Waals surface area (Å²) in [6.45, 7) is 5.29. The molecule has 0 radical (unpaired) electrons. The van der Waals surface area contributed by atoms with E-state index in [-0.39, 0.29) is 0 Å². The van der Waals surface area contributed by atoms with Crippen molar-refractivity contribution in [3.8, 4) is 0 Å². The van der Waals surface area contributed by atoms with Crippen molar-refractivity contribution >= 4 is 0 Å². The van der Waals surface area contributed by atoms with Crippen LogP contribution < -0.4 is 0 Å². The zero-order valence-electron chi connectivity index (χ0n) is 13.3. The molecule has 0 atom stereocenters. The normalized spacial score (nSPS) is 18.2. The lowest BCUT2D eigenvalue weighted by Crippen LogP contribution is -2.31. The molecule has 0 N–H and O–H groups in total. The Morgan fingerprint density at radius 1 is 1.23 bits per heavy atom. The van der Waals surface area contributed by atoms with E-state index in [4.69, 9.17) is 4.98 Å². The Morgan fingerprint density at radius 3 is 2.91 bits per heavy atom. The Morgan fingerprint density at radius 2 is 2.09 bits per heavy atom. The summed E-state index contributed by atoms with van der Waals surface area (Å²) < 4.78 is 0. The van der Waals surface area contributed by atoms with Crippen molar-refractivity contribution in [1.29, 1.82) is 0 Å². The Hall–Kier alpha value is -1.74. The summed E-state index contributed by atoms with van der Waals surface area (Å²) in [5, 5.41) is 0. The predicted octanol–water partition coefficient (Wildman–Crippen LogP) is 3.30. The van der Waals surface area contributed by atoms with Gasteiger partial charge in [-0.1, -0.05) is 24.3 Å². The highest BCUT2D eigenvalue weighted by atomic mass is 15.1. The van der Waals surface area contributed by atoms with Crippen LogP contribution in [0.1, 0.15) is 41.1 Å². The lowest BCUT2D eigenvalue weighted by Gasteiger charge is -2.28. The average Bonchev–Trinajstić information content (AvgIpc) is 3.33. The van der Waals surface area contributed by atoms with Gasteiger partial charge in [0.05, 0.1) is 5.69 Å². The zero-order valence-corrected chi connectivity index (χ0v) is 13.3. The maximum absolute atomic E-state index is 4.85. The monoisotopic (exact) mass is 293 g/mol. The van der Waals surface area contributed by atoms with Crippen LogP contribution in [0, 0.1) is 12.8 Å². The van der Waals surface area contributed by atoms with Gasteiger partial charge in [0.2, 0.25) is 0 Å². The minimum absolute atomic E-state index is 0.852. The van der Waals surface area contributed by atoms with E-state index in [1.54, 1.807) is 0 Å². The van der Waals surface area contributed by atoms with Crippen molar-refractivity contribution in [1.82, 2.24) is 14.9 Å². The fraction of sp³-hybridized carbons (Fsp3) is 0.474. The molecule has 4 rings (SSSR count). The molecule has 2 aromatic rings. The molecule has 114 valence electrons. The molecule has 1 fully saturated rings. The summed E-state index contributed by atoms with van der Waals surface area (Å²) in [6, 6.07) is 8.68. The fourth-order valence-electron chi connectivity index (χ4n) is 3.24. The maximum Gasteiger partial charge on any atom is 0.128 e. The number of nitrogens with zero attached hydrogens (tertiary/aromatic N) is 3. The first-order valence-corrected chi connectivity index (χ1v) is 8.38. The molecule has 2 aliphatic rings. The number of rotatable bonds is 4. The molecular formula is C19H23N3. The molecule has 1 aliphatic heterocycles. The van der Waals surface area contributed by atoms with E-state index < -0.39 is 0 Å². The standard InChI is InChI=1S/C19H23N3/c1-14-4-2-3-5-17(14)12-22-9-8-16-11-20-19(10-15-6-7-15)21-18(16)13-22/h2-5,11,15H,6-10,12-13H2,1H3. The molecule has 1 aromatic carbocycles. The molecule has 0 spiro atoms. The Balaban J connectivity index is 1.49. The number of aryl methyl sites for hydroxylation is 1. The predicted molar refractivity (Wildman–Crippen MR) is 87.5 cm³/mol. The van der Waals surface area contributed by atoms with Gasteiger partial charge in [0.15, 0.2) is 0 Å². The van der Waals surface area contributed by atoms with Gasteiger partial charge in [0.25, 0.3) is 0 Å². The van der Waals surface area contributed by atoms with E-state index in [0.29, 0.717) is 0 Å². The third-order valence-corrected chi connectivity index (χ3v) is 4.90. The highest BCUT2D eigenvalue weighted by molar-refractivity contribution is 5.26. The minimum Gasteiger partial charge on any atom is -0.293 e. The second-order valence-electron chi connectivity index (χ2n) is 6.79. The van der Waals surface area contributed by atoms with Crippen molar-refractivity contribution in [3.05, 3.63) is 58.7 Å². The van der Waals surface area contributed by atoms with Crippen LogP contribution in [0.2, 0.25) is 0 Å². The van der Waals surface area contributed by atoms with Crippen molar-refractivity contribution in [2.45, 2.75) is 45.7 Å². The van der Waals surface area contributed by atoms with Crippen LogP contribution in [0.3, 0.4) is 0 Å². The summed E-state index contributed by atoms with van der Waals surface area (Å²) in [5.74, 6) is 1.91. The second kappa shape index (κ2) is 5.81. The molecule has 1 aliphatic carbocycles. The van der Waals surface area contributed by atoms with Crippen LogP contribution in [0.4, 0.5) is 0 Å². The molecule has 22 heavy (non-hydrogen) atoms. The van der Waals surface area contributed by atoms with E-state index in [0.717, 1.165) is 44.2 Å². The SMILES string of the molecule is Cc1ccccc1CN1CCc2cnc(CC3CC3)nc2C1. The molecule has 0 unspecified atom stereocenters. The van der Waals surface area contributed by atoms with Gasteiger partial charge >= 0.3 is 0 Å². The molecule has 1 aromatic heterocycles. The quantitative estimate of drug-likeness (QED) is 0.866. The summed E-state index contributed by atoms with van der Waals surface area (Å²) >= 11 is 0. The van der Waals surface area contributed by atoms with E-state index in [2.05, 4.69) is 47.3 Å². The van der Waals surface area contributed by atoms with Gasteiger partial charge in [-0.2, -0.15) is 0 Å². The fourth-order valence-corrected chi connectivity index (χ4v) is 3.24. The molecule has 2 heterocycles. The molecule has 0 bridgehead atoms. The molecule has 0 amide bonds.